The fraction of sp³-hybridized carbons (Fsp3) is 0.368. The smallest absolute Gasteiger partial charge is 0.326 e. The van der Waals surface area contributed by atoms with Gasteiger partial charge in [-0.15, -0.1) is 12.3 Å². The summed E-state index contributed by atoms with van der Waals surface area (Å²) in [4.78, 5) is 26.7. The Morgan fingerprint density at radius 1 is 1.37 bits per heavy atom. The van der Waals surface area contributed by atoms with Gasteiger partial charge in [-0.3, -0.25) is 4.79 Å². The SMILES string of the molecule is C#CCCC1(CCC(=O)NC(Cc2c[nH]c3cc(F)ccc23)C(=O)O)N=N1. The maximum Gasteiger partial charge on any atom is 0.326 e. The largest absolute Gasteiger partial charge is 0.480 e. The van der Waals surface area contributed by atoms with E-state index in [0.717, 1.165) is 5.39 Å². The van der Waals surface area contributed by atoms with E-state index in [9.17, 15) is 19.1 Å². The van der Waals surface area contributed by atoms with E-state index in [0.29, 0.717) is 30.3 Å². The third kappa shape index (κ3) is 4.50. The molecule has 3 N–H and O–H groups in total. The molecule has 1 unspecified atom stereocenters. The van der Waals surface area contributed by atoms with Gasteiger partial charge in [-0.2, -0.15) is 10.2 Å². The number of fused-ring (bicyclic) bond motifs is 1. The van der Waals surface area contributed by atoms with Gasteiger partial charge >= 0.3 is 5.97 Å². The topological polar surface area (TPSA) is 107 Å². The van der Waals surface area contributed by atoms with Gasteiger partial charge in [-0.1, -0.05) is 0 Å². The number of carbonyl (C=O) groups is 2. The van der Waals surface area contributed by atoms with Crippen LogP contribution in [0, 0.1) is 18.2 Å². The molecule has 0 saturated carbocycles. The summed E-state index contributed by atoms with van der Waals surface area (Å²) >= 11 is 0. The number of rotatable bonds is 9. The van der Waals surface area contributed by atoms with Crippen LogP contribution in [-0.4, -0.2) is 33.7 Å². The molecule has 27 heavy (non-hydrogen) atoms. The van der Waals surface area contributed by atoms with Crippen LogP contribution in [0.1, 0.15) is 31.2 Å². The van der Waals surface area contributed by atoms with Gasteiger partial charge in [0.25, 0.3) is 0 Å². The minimum atomic E-state index is -1.14. The molecule has 0 fully saturated rings. The van der Waals surface area contributed by atoms with Gasteiger partial charge in [-0.25, -0.2) is 9.18 Å². The molecule has 8 heteroatoms. The molecule has 0 bridgehead atoms. The number of hydrogen-bond acceptors (Lipinski definition) is 4. The van der Waals surface area contributed by atoms with Crippen LogP contribution in [0.25, 0.3) is 10.9 Å². The highest BCUT2D eigenvalue weighted by atomic mass is 19.1. The Hall–Kier alpha value is -3.21. The van der Waals surface area contributed by atoms with E-state index in [-0.39, 0.29) is 24.6 Å². The number of nitrogens with zero attached hydrogens (tertiary/aromatic N) is 2. The minimum Gasteiger partial charge on any atom is -0.480 e. The normalized spacial score (nSPS) is 15.3. The van der Waals surface area contributed by atoms with Crippen LogP contribution >= 0.6 is 0 Å². The van der Waals surface area contributed by atoms with E-state index in [1.807, 2.05) is 0 Å². The molecule has 2 aromatic rings. The molecule has 7 nitrogen and oxygen atoms in total. The Balaban J connectivity index is 1.59. The van der Waals surface area contributed by atoms with Crippen molar-refractivity contribution < 1.29 is 19.1 Å². The summed E-state index contributed by atoms with van der Waals surface area (Å²) in [5, 5.41) is 20.6. The summed E-state index contributed by atoms with van der Waals surface area (Å²) in [6.45, 7) is 0. The lowest BCUT2D eigenvalue weighted by atomic mass is 10.0. The van der Waals surface area contributed by atoms with Crippen LogP contribution < -0.4 is 5.32 Å². The molecular weight excluding hydrogens is 351 g/mol. The molecule has 1 aromatic heterocycles. The Bertz CT molecular complexity index is 938. The number of halogens is 1. The first kappa shape index (κ1) is 18.6. The van der Waals surface area contributed by atoms with E-state index in [2.05, 4.69) is 26.4 Å². The van der Waals surface area contributed by atoms with Crippen molar-refractivity contribution in [3.05, 3.63) is 35.8 Å². The second kappa shape index (κ2) is 7.58. The van der Waals surface area contributed by atoms with Crippen LogP contribution in [0.3, 0.4) is 0 Å². The van der Waals surface area contributed by atoms with E-state index >= 15 is 0 Å². The van der Waals surface area contributed by atoms with Crippen LogP contribution in [0.15, 0.2) is 34.6 Å². The number of carboxylic acid groups (broad SMARTS) is 1. The number of carbonyl (C=O) groups excluding carboxylic acids is 1. The van der Waals surface area contributed by atoms with Gasteiger partial charge in [-0.05, 0) is 23.8 Å². The van der Waals surface area contributed by atoms with Crippen molar-refractivity contribution in [3.63, 3.8) is 0 Å². The first-order valence-electron chi connectivity index (χ1n) is 8.58. The quantitative estimate of drug-likeness (QED) is 0.591. The molecule has 0 saturated heterocycles. The number of terminal acetylenes is 1. The van der Waals surface area contributed by atoms with Crippen LogP contribution in [0.4, 0.5) is 4.39 Å². The van der Waals surface area contributed by atoms with Gasteiger partial charge in [0.05, 0.1) is 0 Å². The molecule has 0 radical (unpaired) electrons. The second-order valence-electron chi connectivity index (χ2n) is 6.55. The number of carboxylic acids is 1. The average molecular weight is 370 g/mol. The number of aromatic amines is 1. The number of aromatic nitrogens is 1. The van der Waals surface area contributed by atoms with Gasteiger partial charge in [0, 0.05) is 49.2 Å². The molecule has 1 atom stereocenters. The molecule has 1 aliphatic rings. The maximum absolute atomic E-state index is 13.3. The van der Waals surface area contributed by atoms with Gasteiger partial charge in [0.2, 0.25) is 5.91 Å². The van der Waals surface area contributed by atoms with Crippen LogP contribution in [-0.2, 0) is 16.0 Å². The number of H-pyrrole nitrogens is 1. The average Bonchev–Trinajstić information content (AvgIpc) is 3.31. The van der Waals surface area contributed by atoms with E-state index in [1.165, 1.54) is 12.1 Å². The van der Waals surface area contributed by atoms with Crippen molar-refractivity contribution in [1.82, 2.24) is 10.3 Å². The lowest BCUT2D eigenvalue weighted by Crippen LogP contribution is -2.42. The summed E-state index contributed by atoms with van der Waals surface area (Å²) in [6.07, 6.45) is 8.57. The maximum atomic E-state index is 13.3. The van der Waals surface area contributed by atoms with Crippen molar-refractivity contribution in [2.24, 2.45) is 10.2 Å². The number of hydrogen-bond donors (Lipinski definition) is 3. The molecule has 0 spiro atoms. The summed E-state index contributed by atoms with van der Waals surface area (Å²) in [7, 11) is 0. The third-order valence-corrected chi connectivity index (χ3v) is 4.59. The third-order valence-electron chi connectivity index (χ3n) is 4.59. The first-order valence-corrected chi connectivity index (χ1v) is 8.58. The molecule has 1 amide bonds. The fourth-order valence-corrected chi connectivity index (χ4v) is 3.00. The summed E-state index contributed by atoms with van der Waals surface area (Å²) in [5.41, 5.74) is 0.687. The monoisotopic (exact) mass is 370 g/mol. The predicted molar refractivity (Wildman–Crippen MR) is 96.4 cm³/mol. The van der Waals surface area contributed by atoms with Crippen molar-refractivity contribution in [2.75, 3.05) is 0 Å². The first-order chi connectivity index (χ1) is 12.9. The molecule has 1 aliphatic heterocycles. The van der Waals surface area contributed by atoms with E-state index < -0.39 is 17.7 Å². The zero-order chi connectivity index (χ0) is 19.4. The number of nitrogens with one attached hydrogen (secondary N) is 2. The summed E-state index contributed by atoms with van der Waals surface area (Å²) in [6, 6.07) is 3.15. The highest BCUT2D eigenvalue weighted by Crippen LogP contribution is 2.37. The number of aliphatic carboxylic acids is 1. The lowest BCUT2D eigenvalue weighted by molar-refractivity contribution is -0.141. The molecule has 2 heterocycles. The molecular formula is C19H19FN4O3. The van der Waals surface area contributed by atoms with Gasteiger partial charge < -0.3 is 15.4 Å². The minimum absolute atomic E-state index is 0.0870. The number of benzene rings is 1. The Morgan fingerprint density at radius 2 is 2.15 bits per heavy atom. The Morgan fingerprint density at radius 3 is 2.81 bits per heavy atom. The van der Waals surface area contributed by atoms with Gasteiger partial charge in [0.1, 0.15) is 11.9 Å². The van der Waals surface area contributed by atoms with Crippen molar-refractivity contribution in [3.8, 4) is 12.3 Å². The molecule has 3 rings (SSSR count). The zero-order valence-electron chi connectivity index (χ0n) is 14.5. The Labute approximate surface area is 155 Å². The second-order valence-corrected chi connectivity index (χ2v) is 6.55. The molecule has 1 aromatic carbocycles. The van der Waals surface area contributed by atoms with Crippen LogP contribution in [0.2, 0.25) is 0 Å². The summed E-state index contributed by atoms with van der Waals surface area (Å²) < 4.78 is 13.3. The standard InChI is InChI=1S/C19H19FN4O3/c1-2-3-7-19(23-24-19)8-6-17(25)22-16(18(26)27)9-12-11-21-15-10-13(20)4-5-14(12)15/h1,4-5,10-11,16,21H,3,6-9H2,(H,22,25)(H,26,27). The number of amides is 1. The van der Waals surface area contributed by atoms with E-state index in [1.54, 1.807) is 12.3 Å². The van der Waals surface area contributed by atoms with Crippen LogP contribution in [0.5, 0.6) is 0 Å². The summed E-state index contributed by atoms with van der Waals surface area (Å²) in [5.74, 6) is 0.616. The lowest BCUT2D eigenvalue weighted by Gasteiger charge is -2.15. The van der Waals surface area contributed by atoms with Crippen molar-refractivity contribution in [2.45, 2.75) is 43.8 Å². The van der Waals surface area contributed by atoms with Crippen molar-refractivity contribution >= 4 is 22.8 Å². The zero-order valence-corrected chi connectivity index (χ0v) is 14.5. The van der Waals surface area contributed by atoms with Gasteiger partial charge in [0.15, 0.2) is 5.66 Å². The van der Waals surface area contributed by atoms with Crippen molar-refractivity contribution in [1.29, 1.82) is 0 Å². The Kier molecular flexibility index (Phi) is 5.21. The molecule has 140 valence electrons. The molecule has 0 aliphatic carbocycles. The predicted octanol–water partition coefficient (Wildman–Crippen LogP) is 2.77. The fourth-order valence-electron chi connectivity index (χ4n) is 3.00. The highest BCUT2D eigenvalue weighted by molar-refractivity contribution is 5.86. The highest BCUT2D eigenvalue weighted by Gasteiger charge is 2.39. The van der Waals surface area contributed by atoms with E-state index in [4.69, 9.17) is 6.42 Å².